The topological polar surface area (TPSA) is 79.5 Å². The van der Waals surface area contributed by atoms with E-state index in [1.54, 1.807) is 0 Å². The molecule has 2 N–H and O–H groups in total. The molecule has 25 heavy (non-hydrogen) atoms. The average molecular weight is 342 g/mol. The Bertz CT molecular complexity index is 753. The summed E-state index contributed by atoms with van der Waals surface area (Å²) in [6.07, 6.45) is 0.918. The highest BCUT2D eigenvalue weighted by molar-refractivity contribution is 5.96. The van der Waals surface area contributed by atoms with Gasteiger partial charge in [0.25, 0.3) is 5.91 Å². The van der Waals surface area contributed by atoms with Gasteiger partial charge in [-0.15, -0.1) is 0 Å². The molecule has 0 bridgehead atoms. The molecule has 0 spiro atoms. The first-order chi connectivity index (χ1) is 12.3. The fraction of sp³-hybridized carbons (Fsp3) is 0.444. The number of carbonyl (C=O) groups is 1. The third-order valence-corrected chi connectivity index (χ3v) is 4.65. The molecule has 2 aliphatic rings. The number of carbonyl (C=O) groups excluding carboxylic acids is 1. The number of fused-ring (bicyclic) bond motifs is 3. The van der Waals surface area contributed by atoms with E-state index in [9.17, 15) is 4.79 Å². The minimum atomic E-state index is -0.126. The monoisotopic (exact) mass is 342 g/mol. The largest absolute Gasteiger partial charge is 0.488 e. The first-order valence-corrected chi connectivity index (χ1v) is 8.70. The summed E-state index contributed by atoms with van der Waals surface area (Å²) in [6, 6.07) is 7.74. The standard InChI is InChI=1S/C18H22N4O3/c23-18(19-6-3-7-22-8-10-24-11-9-22)17-14-12-25-15-5-2-1-4-13(15)16(14)20-21-17/h1-2,4-5H,3,6-12H2,(H,19,23)(H,20,21). The van der Waals surface area contributed by atoms with Crippen LogP contribution in [0.15, 0.2) is 24.3 Å². The Morgan fingerprint density at radius 1 is 1.28 bits per heavy atom. The van der Waals surface area contributed by atoms with E-state index in [2.05, 4.69) is 20.4 Å². The van der Waals surface area contributed by atoms with Crippen molar-refractivity contribution in [2.45, 2.75) is 13.0 Å². The number of amides is 1. The molecular formula is C18H22N4O3. The van der Waals surface area contributed by atoms with E-state index in [0.717, 1.165) is 61.8 Å². The van der Waals surface area contributed by atoms with Crippen molar-refractivity contribution in [3.8, 4) is 17.0 Å². The number of para-hydroxylation sites is 1. The Balaban J connectivity index is 1.35. The Kier molecular flexibility index (Phi) is 4.67. The summed E-state index contributed by atoms with van der Waals surface area (Å²) in [5, 5.41) is 10.2. The molecular weight excluding hydrogens is 320 g/mol. The summed E-state index contributed by atoms with van der Waals surface area (Å²) < 4.78 is 11.1. The molecule has 0 radical (unpaired) electrons. The van der Waals surface area contributed by atoms with Crippen LogP contribution in [0, 0.1) is 0 Å². The summed E-state index contributed by atoms with van der Waals surface area (Å²) >= 11 is 0. The number of hydrogen-bond acceptors (Lipinski definition) is 5. The number of hydrogen-bond donors (Lipinski definition) is 2. The molecule has 1 aromatic carbocycles. The molecule has 1 amide bonds. The van der Waals surface area contributed by atoms with Crippen LogP contribution >= 0.6 is 0 Å². The molecule has 0 unspecified atom stereocenters. The molecule has 2 aliphatic heterocycles. The quantitative estimate of drug-likeness (QED) is 0.804. The van der Waals surface area contributed by atoms with E-state index in [-0.39, 0.29) is 5.91 Å². The summed E-state index contributed by atoms with van der Waals surface area (Å²) in [5.74, 6) is 0.678. The van der Waals surface area contributed by atoms with Crippen LogP contribution in [0.1, 0.15) is 22.5 Å². The van der Waals surface area contributed by atoms with Crippen molar-refractivity contribution in [2.24, 2.45) is 0 Å². The molecule has 0 aliphatic carbocycles. The van der Waals surface area contributed by atoms with Crippen LogP contribution in [-0.4, -0.2) is 60.4 Å². The molecule has 2 aromatic rings. The maximum absolute atomic E-state index is 12.5. The molecule has 3 heterocycles. The van der Waals surface area contributed by atoms with Gasteiger partial charge in [0.05, 0.1) is 13.2 Å². The number of nitrogens with zero attached hydrogens (tertiary/aromatic N) is 2. The zero-order valence-corrected chi connectivity index (χ0v) is 14.1. The van der Waals surface area contributed by atoms with Crippen LogP contribution in [0.4, 0.5) is 0 Å². The highest BCUT2D eigenvalue weighted by Crippen LogP contribution is 2.36. The minimum Gasteiger partial charge on any atom is -0.488 e. The first kappa shape index (κ1) is 16.1. The highest BCUT2D eigenvalue weighted by Gasteiger charge is 2.25. The van der Waals surface area contributed by atoms with Crippen LogP contribution in [0.5, 0.6) is 5.75 Å². The van der Waals surface area contributed by atoms with Gasteiger partial charge in [-0.05, 0) is 25.1 Å². The smallest absolute Gasteiger partial charge is 0.269 e. The fourth-order valence-electron chi connectivity index (χ4n) is 3.27. The number of ether oxygens (including phenoxy) is 2. The van der Waals surface area contributed by atoms with Crippen LogP contribution < -0.4 is 10.1 Å². The highest BCUT2D eigenvalue weighted by atomic mass is 16.5. The Morgan fingerprint density at radius 3 is 3.00 bits per heavy atom. The van der Waals surface area contributed by atoms with Gasteiger partial charge in [-0.3, -0.25) is 14.8 Å². The van der Waals surface area contributed by atoms with E-state index in [1.165, 1.54) is 0 Å². The molecule has 7 nitrogen and oxygen atoms in total. The zero-order chi connectivity index (χ0) is 17.1. The number of rotatable bonds is 5. The Morgan fingerprint density at radius 2 is 2.12 bits per heavy atom. The Hall–Kier alpha value is -2.38. The van der Waals surface area contributed by atoms with Crippen molar-refractivity contribution in [3.63, 3.8) is 0 Å². The van der Waals surface area contributed by atoms with Crippen molar-refractivity contribution in [1.82, 2.24) is 20.4 Å². The summed E-state index contributed by atoms with van der Waals surface area (Å²) in [6.45, 7) is 5.52. The van der Waals surface area contributed by atoms with Gasteiger partial charge >= 0.3 is 0 Å². The first-order valence-electron chi connectivity index (χ1n) is 8.70. The van der Waals surface area contributed by atoms with Crippen molar-refractivity contribution in [3.05, 3.63) is 35.5 Å². The van der Waals surface area contributed by atoms with E-state index in [1.807, 2.05) is 24.3 Å². The predicted molar refractivity (Wildman–Crippen MR) is 92.6 cm³/mol. The normalized spacial score (nSPS) is 16.6. The van der Waals surface area contributed by atoms with E-state index in [0.29, 0.717) is 18.8 Å². The van der Waals surface area contributed by atoms with Gasteiger partial charge < -0.3 is 14.8 Å². The molecule has 4 rings (SSSR count). The van der Waals surface area contributed by atoms with Crippen molar-refractivity contribution in [2.75, 3.05) is 39.4 Å². The second-order valence-electron chi connectivity index (χ2n) is 6.27. The molecule has 7 heteroatoms. The van der Waals surface area contributed by atoms with Gasteiger partial charge in [0.1, 0.15) is 23.7 Å². The zero-order valence-electron chi connectivity index (χ0n) is 14.1. The van der Waals surface area contributed by atoms with Gasteiger partial charge in [0.15, 0.2) is 0 Å². The summed E-state index contributed by atoms with van der Waals surface area (Å²) in [4.78, 5) is 14.8. The van der Waals surface area contributed by atoms with Crippen LogP contribution in [0.3, 0.4) is 0 Å². The van der Waals surface area contributed by atoms with Crippen LogP contribution in [-0.2, 0) is 11.3 Å². The molecule has 1 saturated heterocycles. The van der Waals surface area contributed by atoms with E-state index < -0.39 is 0 Å². The third-order valence-electron chi connectivity index (χ3n) is 4.65. The lowest BCUT2D eigenvalue weighted by Crippen LogP contribution is -2.38. The van der Waals surface area contributed by atoms with E-state index in [4.69, 9.17) is 9.47 Å². The van der Waals surface area contributed by atoms with E-state index >= 15 is 0 Å². The molecule has 132 valence electrons. The number of morpholine rings is 1. The maximum atomic E-state index is 12.5. The molecule has 0 atom stereocenters. The van der Waals surface area contributed by atoms with Crippen LogP contribution in [0.25, 0.3) is 11.3 Å². The number of benzene rings is 1. The number of aromatic nitrogens is 2. The number of H-pyrrole nitrogens is 1. The third kappa shape index (κ3) is 3.38. The predicted octanol–water partition coefficient (Wildman–Crippen LogP) is 1.42. The van der Waals surface area contributed by atoms with Gasteiger partial charge in [0.2, 0.25) is 0 Å². The molecule has 1 fully saturated rings. The lowest BCUT2D eigenvalue weighted by Gasteiger charge is -2.26. The Labute approximate surface area is 146 Å². The second-order valence-corrected chi connectivity index (χ2v) is 6.27. The fourth-order valence-corrected chi connectivity index (χ4v) is 3.27. The number of aromatic amines is 1. The lowest BCUT2D eigenvalue weighted by molar-refractivity contribution is 0.0374. The minimum absolute atomic E-state index is 0.126. The average Bonchev–Trinajstić information content (AvgIpc) is 3.10. The number of nitrogens with one attached hydrogen (secondary N) is 2. The molecule has 0 saturated carbocycles. The van der Waals surface area contributed by atoms with Gasteiger partial charge in [-0.2, -0.15) is 5.10 Å². The van der Waals surface area contributed by atoms with Gasteiger partial charge in [-0.1, -0.05) is 12.1 Å². The van der Waals surface area contributed by atoms with Crippen molar-refractivity contribution < 1.29 is 14.3 Å². The van der Waals surface area contributed by atoms with Gasteiger partial charge in [-0.25, -0.2) is 0 Å². The molecule has 1 aromatic heterocycles. The van der Waals surface area contributed by atoms with Crippen molar-refractivity contribution >= 4 is 5.91 Å². The van der Waals surface area contributed by atoms with Crippen LogP contribution in [0.2, 0.25) is 0 Å². The van der Waals surface area contributed by atoms with Crippen molar-refractivity contribution in [1.29, 1.82) is 0 Å². The second kappa shape index (κ2) is 7.25. The maximum Gasteiger partial charge on any atom is 0.269 e. The summed E-state index contributed by atoms with van der Waals surface area (Å²) in [5.41, 5.74) is 3.05. The lowest BCUT2D eigenvalue weighted by atomic mass is 10.0. The van der Waals surface area contributed by atoms with Gasteiger partial charge in [0, 0.05) is 30.8 Å². The SMILES string of the molecule is O=C(NCCCN1CCOCC1)c1[nH]nc2c1COc1ccccc1-2. The summed E-state index contributed by atoms with van der Waals surface area (Å²) in [7, 11) is 0.